The van der Waals surface area contributed by atoms with Crippen LogP contribution in [0, 0.1) is 13.8 Å². The Morgan fingerprint density at radius 2 is 1.87 bits per heavy atom. The molecule has 0 bridgehead atoms. The maximum Gasteiger partial charge on any atom is 0.108 e. The van der Waals surface area contributed by atoms with Crippen molar-refractivity contribution >= 4 is 17.3 Å². The molecule has 2 nitrogen and oxygen atoms in total. The predicted molar refractivity (Wildman–Crippen MR) is 63.0 cm³/mol. The number of nitrogens with two attached hydrogens (primary N) is 1. The van der Waals surface area contributed by atoms with Gasteiger partial charge in [0.25, 0.3) is 0 Å². The second kappa shape index (κ2) is 3.63. The molecule has 0 atom stereocenters. The van der Waals surface area contributed by atoms with Crippen molar-refractivity contribution in [3.63, 3.8) is 0 Å². The fourth-order valence-electron chi connectivity index (χ4n) is 1.66. The van der Waals surface area contributed by atoms with E-state index >= 15 is 0 Å². The van der Waals surface area contributed by atoms with Gasteiger partial charge in [-0.1, -0.05) is 11.6 Å². The fourth-order valence-corrected chi connectivity index (χ4v) is 1.83. The van der Waals surface area contributed by atoms with E-state index < -0.39 is 0 Å². The molecule has 0 radical (unpaired) electrons. The highest BCUT2D eigenvalue weighted by molar-refractivity contribution is 6.31. The minimum absolute atomic E-state index is 0.678. The summed E-state index contributed by atoms with van der Waals surface area (Å²) in [6.07, 6.45) is 0. The van der Waals surface area contributed by atoms with E-state index in [0.717, 1.165) is 22.6 Å². The minimum atomic E-state index is 0.678. The van der Waals surface area contributed by atoms with Gasteiger partial charge < -0.3 is 10.2 Å². The van der Waals surface area contributed by atoms with Gasteiger partial charge in [-0.05, 0) is 38.1 Å². The third-order valence-electron chi connectivity index (χ3n) is 2.35. The van der Waals surface area contributed by atoms with E-state index in [0.29, 0.717) is 10.7 Å². The van der Waals surface area contributed by atoms with Crippen LogP contribution in [0.5, 0.6) is 0 Å². The van der Waals surface area contributed by atoms with Crippen molar-refractivity contribution in [1.29, 1.82) is 0 Å². The average molecular weight is 222 g/mol. The van der Waals surface area contributed by atoms with Crippen molar-refractivity contribution in [2.45, 2.75) is 13.8 Å². The molecule has 0 fully saturated rings. The lowest BCUT2D eigenvalue weighted by molar-refractivity contribution is 0.505. The molecule has 0 aliphatic rings. The van der Waals surface area contributed by atoms with E-state index in [1.165, 1.54) is 0 Å². The van der Waals surface area contributed by atoms with Crippen molar-refractivity contribution in [3.8, 4) is 11.1 Å². The van der Waals surface area contributed by atoms with Crippen LogP contribution in [0.3, 0.4) is 0 Å². The summed E-state index contributed by atoms with van der Waals surface area (Å²) >= 11 is 5.94. The van der Waals surface area contributed by atoms with Gasteiger partial charge in [-0.25, -0.2) is 0 Å². The van der Waals surface area contributed by atoms with Gasteiger partial charge in [0, 0.05) is 21.8 Å². The summed E-state index contributed by atoms with van der Waals surface area (Å²) in [6, 6.07) is 7.41. The molecule has 3 heteroatoms. The number of hydrogen-bond donors (Lipinski definition) is 1. The Morgan fingerprint density at radius 1 is 1.13 bits per heavy atom. The number of rotatable bonds is 1. The fraction of sp³-hybridized carbons (Fsp3) is 0.167. The summed E-state index contributed by atoms with van der Waals surface area (Å²) in [5, 5.41) is 0.678. The molecule has 1 aromatic heterocycles. The molecule has 2 N–H and O–H groups in total. The van der Waals surface area contributed by atoms with Gasteiger partial charge in [-0.2, -0.15) is 0 Å². The van der Waals surface area contributed by atoms with Crippen LogP contribution in [0.15, 0.2) is 28.7 Å². The lowest BCUT2D eigenvalue weighted by Gasteiger charge is -2.04. The summed E-state index contributed by atoms with van der Waals surface area (Å²) in [7, 11) is 0. The van der Waals surface area contributed by atoms with Gasteiger partial charge in [0.15, 0.2) is 0 Å². The second-order valence-electron chi connectivity index (χ2n) is 3.56. The smallest absolute Gasteiger partial charge is 0.108 e. The Bertz CT molecular complexity index is 502. The average Bonchev–Trinajstić information content (AvgIpc) is 2.50. The zero-order chi connectivity index (χ0) is 11.0. The molecule has 0 saturated carbocycles. The number of furan rings is 1. The monoisotopic (exact) mass is 221 g/mol. The Hall–Kier alpha value is -1.41. The number of anilines is 1. The highest BCUT2D eigenvalue weighted by Crippen LogP contribution is 2.32. The number of nitrogen functional groups attached to an aromatic ring is 1. The molecule has 2 rings (SSSR count). The zero-order valence-electron chi connectivity index (χ0n) is 8.67. The first kappa shape index (κ1) is 10.1. The minimum Gasteiger partial charge on any atom is -0.466 e. The van der Waals surface area contributed by atoms with Crippen LogP contribution in [0.1, 0.15) is 11.5 Å². The molecule has 1 aromatic carbocycles. The van der Waals surface area contributed by atoms with Crippen LogP contribution < -0.4 is 5.73 Å². The SMILES string of the molecule is Cc1cc(-c2cc(Cl)ccc2N)c(C)o1. The molecule has 2 aromatic rings. The number of benzene rings is 1. The van der Waals surface area contributed by atoms with Crippen molar-refractivity contribution in [3.05, 3.63) is 40.8 Å². The Kier molecular flexibility index (Phi) is 2.45. The molecule has 0 aliphatic heterocycles. The highest BCUT2D eigenvalue weighted by Gasteiger charge is 2.10. The quantitative estimate of drug-likeness (QED) is 0.744. The van der Waals surface area contributed by atoms with Crippen LogP contribution in [0.2, 0.25) is 5.02 Å². The summed E-state index contributed by atoms with van der Waals surface area (Å²) in [5.41, 5.74) is 8.55. The number of aryl methyl sites for hydroxylation is 2. The first-order valence-corrected chi connectivity index (χ1v) is 5.08. The maximum absolute atomic E-state index is 5.94. The molecule has 0 unspecified atom stereocenters. The molecule has 78 valence electrons. The second-order valence-corrected chi connectivity index (χ2v) is 3.99. The van der Waals surface area contributed by atoms with E-state index in [9.17, 15) is 0 Å². The molecule has 1 heterocycles. The predicted octanol–water partition coefficient (Wildman–Crippen LogP) is 3.80. The zero-order valence-corrected chi connectivity index (χ0v) is 9.43. The highest BCUT2D eigenvalue weighted by atomic mass is 35.5. The normalized spacial score (nSPS) is 10.6. The lowest BCUT2D eigenvalue weighted by atomic mass is 10.0. The van der Waals surface area contributed by atoms with E-state index in [1.54, 1.807) is 12.1 Å². The van der Waals surface area contributed by atoms with E-state index in [4.69, 9.17) is 21.8 Å². The lowest BCUT2D eigenvalue weighted by Crippen LogP contribution is -1.89. The van der Waals surface area contributed by atoms with Crippen molar-refractivity contribution < 1.29 is 4.42 Å². The Balaban J connectivity index is 2.62. The molecule has 15 heavy (non-hydrogen) atoms. The molecule has 0 saturated heterocycles. The summed E-state index contributed by atoms with van der Waals surface area (Å²) in [5.74, 6) is 1.74. The third kappa shape index (κ3) is 1.85. The topological polar surface area (TPSA) is 39.2 Å². The molecular formula is C12H12ClNO. The molecular weight excluding hydrogens is 210 g/mol. The largest absolute Gasteiger partial charge is 0.466 e. The van der Waals surface area contributed by atoms with Crippen LogP contribution in [0.25, 0.3) is 11.1 Å². The third-order valence-corrected chi connectivity index (χ3v) is 2.58. The van der Waals surface area contributed by atoms with E-state index in [1.807, 2.05) is 26.0 Å². The molecule has 0 amide bonds. The first-order valence-electron chi connectivity index (χ1n) is 4.70. The van der Waals surface area contributed by atoms with Crippen LogP contribution >= 0.6 is 11.6 Å². The van der Waals surface area contributed by atoms with Gasteiger partial charge in [-0.3, -0.25) is 0 Å². The van der Waals surface area contributed by atoms with E-state index in [2.05, 4.69) is 0 Å². The van der Waals surface area contributed by atoms with Crippen molar-refractivity contribution in [1.82, 2.24) is 0 Å². The van der Waals surface area contributed by atoms with Gasteiger partial charge in [-0.15, -0.1) is 0 Å². The van der Waals surface area contributed by atoms with Crippen molar-refractivity contribution in [2.75, 3.05) is 5.73 Å². The standard InChI is InChI=1S/C12H12ClNO/c1-7-5-10(8(2)15-7)11-6-9(13)3-4-12(11)14/h3-6H,14H2,1-2H3. The Morgan fingerprint density at radius 3 is 2.47 bits per heavy atom. The Labute approximate surface area is 93.7 Å². The summed E-state index contributed by atoms with van der Waals surface area (Å²) in [4.78, 5) is 0. The van der Waals surface area contributed by atoms with Gasteiger partial charge in [0.1, 0.15) is 11.5 Å². The maximum atomic E-state index is 5.94. The van der Waals surface area contributed by atoms with Gasteiger partial charge in [0.2, 0.25) is 0 Å². The first-order chi connectivity index (χ1) is 7.08. The summed E-state index contributed by atoms with van der Waals surface area (Å²) in [6.45, 7) is 3.83. The van der Waals surface area contributed by atoms with Crippen LogP contribution in [-0.4, -0.2) is 0 Å². The van der Waals surface area contributed by atoms with E-state index in [-0.39, 0.29) is 0 Å². The van der Waals surface area contributed by atoms with Crippen LogP contribution in [-0.2, 0) is 0 Å². The van der Waals surface area contributed by atoms with Gasteiger partial charge in [0.05, 0.1) is 0 Å². The van der Waals surface area contributed by atoms with Crippen LogP contribution in [0.4, 0.5) is 5.69 Å². The summed E-state index contributed by atoms with van der Waals surface area (Å²) < 4.78 is 5.47. The number of hydrogen-bond acceptors (Lipinski definition) is 2. The van der Waals surface area contributed by atoms with Gasteiger partial charge >= 0.3 is 0 Å². The number of halogens is 1. The van der Waals surface area contributed by atoms with Crippen molar-refractivity contribution in [2.24, 2.45) is 0 Å². The molecule has 0 spiro atoms. The molecule has 0 aliphatic carbocycles.